The molecule has 0 radical (unpaired) electrons. The minimum Gasteiger partial charge on any atom is -0.274 e. The van der Waals surface area contributed by atoms with Crippen LogP contribution in [0.2, 0.25) is 0 Å². The maximum Gasteiger partial charge on any atom is 0.264 e. The Morgan fingerprint density at radius 2 is 2.21 bits per heavy atom. The molecule has 1 aromatic rings. The number of carbonyl (C=O) groups excluding carboxylic acids is 1. The number of sulfonamides is 1. The minimum absolute atomic E-state index is 0.0858. The van der Waals surface area contributed by atoms with Crippen LogP contribution in [0.5, 0.6) is 0 Å². The summed E-state index contributed by atoms with van der Waals surface area (Å²) in [6, 6.07) is 4.55. The van der Waals surface area contributed by atoms with E-state index < -0.39 is 21.7 Å². The first kappa shape index (κ1) is 13.7. The van der Waals surface area contributed by atoms with Gasteiger partial charge in [0.05, 0.1) is 4.90 Å². The number of amides is 1. The molecule has 102 valence electrons. The summed E-state index contributed by atoms with van der Waals surface area (Å²) in [5.41, 5.74) is 0. The molecule has 0 saturated carbocycles. The van der Waals surface area contributed by atoms with Gasteiger partial charge in [0.1, 0.15) is 5.82 Å². The second kappa shape index (κ2) is 5.52. The molecule has 0 spiro atoms. The fraction of sp³-hybridized carbons (Fsp3) is 0.308. The first-order chi connectivity index (χ1) is 8.97. The van der Waals surface area contributed by atoms with Crippen molar-refractivity contribution in [2.45, 2.75) is 24.2 Å². The Hall–Kier alpha value is -1.69. The zero-order valence-corrected chi connectivity index (χ0v) is 11.0. The summed E-state index contributed by atoms with van der Waals surface area (Å²) in [5, 5.41) is 0. The maximum atomic E-state index is 13.0. The molecule has 1 amide bonds. The fourth-order valence-electron chi connectivity index (χ4n) is 1.99. The van der Waals surface area contributed by atoms with E-state index in [-0.39, 0.29) is 17.2 Å². The Bertz CT molecular complexity index is 610. The van der Waals surface area contributed by atoms with E-state index in [0.717, 1.165) is 25.0 Å². The minimum atomic E-state index is -3.99. The molecule has 0 heterocycles. The maximum absolute atomic E-state index is 13.0. The van der Waals surface area contributed by atoms with Crippen LogP contribution in [-0.2, 0) is 14.8 Å². The van der Waals surface area contributed by atoms with Crippen LogP contribution in [0.15, 0.2) is 41.3 Å². The van der Waals surface area contributed by atoms with Gasteiger partial charge in [-0.25, -0.2) is 17.5 Å². The smallest absolute Gasteiger partial charge is 0.264 e. The first-order valence-corrected chi connectivity index (χ1v) is 7.43. The van der Waals surface area contributed by atoms with Crippen LogP contribution in [0.25, 0.3) is 0 Å². The van der Waals surface area contributed by atoms with Gasteiger partial charge in [0.2, 0.25) is 5.91 Å². The Balaban J connectivity index is 2.04. The van der Waals surface area contributed by atoms with E-state index >= 15 is 0 Å². The average molecular weight is 283 g/mol. The summed E-state index contributed by atoms with van der Waals surface area (Å²) in [4.78, 5) is 11.4. The zero-order valence-electron chi connectivity index (χ0n) is 10.2. The Morgan fingerprint density at radius 3 is 2.84 bits per heavy atom. The average Bonchev–Trinajstić information content (AvgIpc) is 2.81. The second-order valence-electron chi connectivity index (χ2n) is 4.46. The monoisotopic (exact) mass is 283 g/mol. The van der Waals surface area contributed by atoms with Crippen LogP contribution in [0, 0.1) is 11.7 Å². The van der Waals surface area contributed by atoms with Crippen LogP contribution < -0.4 is 4.72 Å². The van der Waals surface area contributed by atoms with Crippen molar-refractivity contribution in [1.29, 1.82) is 0 Å². The number of carbonyl (C=O) groups is 1. The standard InChI is InChI=1S/C13H14FNO3S/c14-11-6-3-7-12(9-11)19(17,18)15-13(16)8-10-4-1-2-5-10/h1,3-4,6-7,9-10H,2,5,8H2,(H,15,16)/t10-/m0/s1. The van der Waals surface area contributed by atoms with E-state index in [1.165, 1.54) is 12.1 Å². The number of hydrogen-bond donors (Lipinski definition) is 1. The highest BCUT2D eigenvalue weighted by molar-refractivity contribution is 7.90. The molecule has 1 aliphatic carbocycles. The first-order valence-electron chi connectivity index (χ1n) is 5.95. The van der Waals surface area contributed by atoms with E-state index in [9.17, 15) is 17.6 Å². The highest BCUT2D eigenvalue weighted by Crippen LogP contribution is 2.20. The van der Waals surface area contributed by atoms with Crippen molar-refractivity contribution in [2.24, 2.45) is 5.92 Å². The topological polar surface area (TPSA) is 63.2 Å². The van der Waals surface area contributed by atoms with E-state index in [1.54, 1.807) is 0 Å². The van der Waals surface area contributed by atoms with Gasteiger partial charge in [-0.15, -0.1) is 0 Å². The van der Waals surface area contributed by atoms with Gasteiger partial charge in [0, 0.05) is 6.42 Å². The lowest BCUT2D eigenvalue weighted by Crippen LogP contribution is -2.31. The molecule has 0 unspecified atom stereocenters. The molecule has 0 bridgehead atoms. The molecule has 0 aromatic heterocycles. The van der Waals surface area contributed by atoms with Crippen LogP contribution >= 0.6 is 0 Å². The van der Waals surface area contributed by atoms with Crippen molar-refractivity contribution in [1.82, 2.24) is 4.72 Å². The van der Waals surface area contributed by atoms with Crippen LogP contribution in [0.3, 0.4) is 0 Å². The molecule has 0 aliphatic heterocycles. The molecular weight excluding hydrogens is 269 g/mol. The van der Waals surface area contributed by atoms with Crippen molar-refractivity contribution >= 4 is 15.9 Å². The van der Waals surface area contributed by atoms with Gasteiger partial charge in [-0.3, -0.25) is 4.79 Å². The van der Waals surface area contributed by atoms with Crippen molar-refractivity contribution in [3.05, 3.63) is 42.2 Å². The summed E-state index contributed by atoms with van der Waals surface area (Å²) in [7, 11) is -3.99. The van der Waals surface area contributed by atoms with E-state index in [2.05, 4.69) is 0 Å². The molecular formula is C13H14FNO3S. The largest absolute Gasteiger partial charge is 0.274 e. The summed E-state index contributed by atoms with van der Waals surface area (Å²) >= 11 is 0. The third-order valence-electron chi connectivity index (χ3n) is 2.91. The number of halogens is 1. The molecule has 1 aromatic carbocycles. The van der Waals surface area contributed by atoms with E-state index in [1.807, 2.05) is 16.9 Å². The van der Waals surface area contributed by atoms with Gasteiger partial charge in [-0.2, -0.15) is 0 Å². The predicted molar refractivity (Wildman–Crippen MR) is 68.2 cm³/mol. The Morgan fingerprint density at radius 1 is 1.42 bits per heavy atom. The molecule has 1 N–H and O–H groups in total. The lowest BCUT2D eigenvalue weighted by molar-refractivity contribution is -0.119. The molecule has 19 heavy (non-hydrogen) atoms. The van der Waals surface area contributed by atoms with Gasteiger partial charge in [0.25, 0.3) is 10.0 Å². The molecule has 6 heteroatoms. The number of benzene rings is 1. The van der Waals surface area contributed by atoms with Gasteiger partial charge in [0.15, 0.2) is 0 Å². The van der Waals surface area contributed by atoms with Crippen molar-refractivity contribution in [2.75, 3.05) is 0 Å². The summed E-state index contributed by atoms with van der Waals surface area (Å²) < 4.78 is 38.6. The molecule has 1 aliphatic rings. The van der Waals surface area contributed by atoms with Crippen LogP contribution in [-0.4, -0.2) is 14.3 Å². The van der Waals surface area contributed by atoms with Gasteiger partial charge < -0.3 is 0 Å². The number of rotatable bonds is 4. The van der Waals surface area contributed by atoms with Gasteiger partial charge in [-0.05, 0) is 37.0 Å². The summed E-state index contributed by atoms with van der Waals surface area (Å²) in [6.07, 6.45) is 5.78. The number of nitrogens with one attached hydrogen (secondary N) is 1. The molecule has 4 nitrogen and oxygen atoms in total. The lowest BCUT2D eigenvalue weighted by atomic mass is 10.1. The second-order valence-corrected chi connectivity index (χ2v) is 6.14. The molecule has 0 saturated heterocycles. The number of hydrogen-bond acceptors (Lipinski definition) is 3. The van der Waals surface area contributed by atoms with Crippen molar-refractivity contribution in [3.63, 3.8) is 0 Å². The fourth-order valence-corrected chi connectivity index (χ4v) is 3.01. The van der Waals surface area contributed by atoms with Crippen molar-refractivity contribution < 1.29 is 17.6 Å². The predicted octanol–water partition coefficient (Wildman–Crippen LogP) is 1.99. The van der Waals surface area contributed by atoms with E-state index in [0.29, 0.717) is 0 Å². The quantitative estimate of drug-likeness (QED) is 0.859. The third kappa shape index (κ3) is 3.64. The molecule has 0 fully saturated rings. The SMILES string of the molecule is O=C(C[C@H]1C=CCC1)NS(=O)(=O)c1cccc(F)c1. The van der Waals surface area contributed by atoms with Gasteiger partial charge in [-0.1, -0.05) is 18.2 Å². The molecule has 2 rings (SSSR count). The highest BCUT2D eigenvalue weighted by atomic mass is 32.2. The van der Waals surface area contributed by atoms with Crippen LogP contribution in [0.1, 0.15) is 19.3 Å². The zero-order chi connectivity index (χ0) is 13.9. The highest BCUT2D eigenvalue weighted by Gasteiger charge is 2.20. The van der Waals surface area contributed by atoms with Crippen LogP contribution in [0.4, 0.5) is 4.39 Å². The molecule has 1 atom stereocenters. The summed E-state index contributed by atoms with van der Waals surface area (Å²) in [6.45, 7) is 0. The normalized spacial score (nSPS) is 18.5. The Kier molecular flexibility index (Phi) is 3.99. The summed E-state index contributed by atoms with van der Waals surface area (Å²) in [5.74, 6) is -1.14. The number of allylic oxidation sites excluding steroid dienone is 2. The third-order valence-corrected chi connectivity index (χ3v) is 4.29. The van der Waals surface area contributed by atoms with Gasteiger partial charge >= 0.3 is 0 Å². The van der Waals surface area contributed by atoms with Crippen molar-refractivity contribution in [3.8, 4) is 0 Å². The Labute approximate surface area is 111 Å². The van der Waals surface area contributed by atoms with E-state index in [4.69, 9.17) is 0 Å². The lowest BCUT2D eigenvalue weighted by Gasteiger charge is -2.09.